The van der Waals surface area contributed by atoms with Crippen LogP contribution in [0.4, 0.5) is 18.0 Å². The second kappa shape index (κ2) is 10.9. The Balaban J connectivity index is 1.55. The number of imidazole rings is 1. The van der Waals surface area contributed by atoms with E-state index >= 15 is 4.39 Å². The van der Waals surface area contributed by atoms with Crippen molar-refractivity contribution in [3.8, 4) is 22.6 Å². The van der Waals surface area contributed by atoms with Gasteiger partial charge in [0.15, 0.2) is 0 Å². The third-order valence-corrected chi connectivity index (χ3v) is 8.51. The Morgan fingerprint density at radius 3 is 2.68 bits per heavy atom. The van der Waals surface area contributed by atoms with E-state index in [1.165, 1.54) is 5.38 Å². The molecule has 6 rings (SSSR count). The maximum atomic E-state index is 15.5. The van der Waals surface area contributed by atoms with Crippen LogP contribution in [0.5, 0.6) is 0 Å². The molecule has 1 unspecified atom stereocenters. The lowest BCUT2D eigenvalue weighted by Crippen LogP contribution is -2.43. The minimum absolute atomic E-state index is 0.0841. The molecule has 0 saturated heterocycles. The van der Waals surface area contributed by atoms with Gasteiger partial charge in [-0.15, -0.1) is 11.3 Å². The number of rotatable bonds is 4. The van der Waals surface area contributed by atoms with Crippen LogP contribution in [0.3, 0.4) is 0 Å². The fourth-order valence-electron chi connectivity index (χ4n) is 5.52. The molecule has 1 amide bonds. The normalized spacial score (nSPS) is 16.0. The second-order valence-electron chi connectivity index (χ2n) is 11.9. The lowest BCUT2D eigenvalue weighted by atomic mass is 10.0. The van der Waals surface area contributed by atoms with Crippen molar-refractivity contribution in [1.82, 2.24) is 29.2 Å². The van der Waals surface area contributed by atoms with E-state index in [-0.39, 0.29) is 35.6 Å². The number of thiophene rings is 1. The first-order valence-electron chi connectivity index (χ1n) is 14.1. The number of benzene rings is 1. The van der Waals surface area contributed by atoms with E-state index < -0.39 is 23.3 Å². The minimum atomic E-state index is -0.908. The molecule has 1 atom stereocenters. The van der Waals surface area contributed by atoms with Gasteiger partial charge in [0.2, 0.25) is 0 Å². The second-order valence-corrected chi connectivity index (χ2v) is 12.8. The number of carbonyl (C=O) groups excluding carboxylic acids is 1. The van der Waals surface area contributed by atoms with Gasteiger partial charge in [0.25, 0.3) is 0 Å². The molecular formula is C32H31F3N6O2S. The van der Waals surface area contributed by atoms with Gasteiger partial charge in [-0.25, -0.2) is 27.9 Å². The van der Waals surface area contributed by atoms with Crippen LogP contribution in [0.1, 0.15) is 50.8 Å². The van der Waals surface area contributed by atoms with Crippen molar-refractivity contribution in [3.63, 3.8) is 0 Å². The molecule has 0 N–H and O–H groups in total. The zero-order chi connectivity index (χ0) is 31.5. The number of aromatic nitrogens is 5. The van der Waals surface area contributed by atoms with E-state index in [0.717, 1.165) is 34.3 Å². The fourth-order valence-corrected chi connectivity index (χ4v) is 6.46. The number of pyridine rings is 1. The van der Waals surface area contributed by atoms with Gasteiger partial charge in [0, 0.05) is 41.6 Å². The van der Waals surface area contributed by atoms with Crippen LogP contribution in [-0.2, 0) is 18.3 Å². The molecule has 1 aliphatic heterocycles. The molecule has 1 aromatic carbocycles. The molecule has 1 aliphatic rings. The Morgan fingerprint density at radius 1 is 1.18 bits per heavy atom. The number of fused-ring (bicyclic) bond motifs is 3. The van der Waals surface area contributed by atoms with Crippen molar-refractivity contribution >= 4 is 44.6 Å². The highest BCUT2D eigenvalue weighted by atomic mass is 32.1. The van der Waals surface area contributed by atoms with Crippen molar-refractivity contribution in [2.24, 2.45) is 7.05 Å². The predicted octanol–water partition coefficient (Wildman–Crippen LogP) is 8.27. The monoisotopic (exact) mass is 620 g/mol. The van der Waals surface area contributed by atoms with E-state index in [4.69, 9.17) is 14.8 Å². The third kappa shape index (κ3) is 5.27. The van der Waals surface area contributed by atoms with Crippen LogP contribution in [0.15, 0.2) is 47.9 Å². The first-order valence-corrected chi connectivity index (χ1v) is 15.0. The highest BCUT2D eigenvalue weighted by Crippen LogP contribution is 2.41. The molecule has 0 spiro atoms. The van der Waals surface area contributed by atoms with Gasteiger partial charge in [-0.1, -0.05) is 6.07 Å². The molecule has 0 radical (unpaired) electrons. The number of hydrogen-bond donors (Lipinski definition) is 0. The van der Waals surface area contributed by atoms with Crippen LogP contribution < -0.4 is 0 Å². The van der Waals surface area contributed by atoms with Crippen molar-refractivity contribution in [2.45, 2.75) is 52.8 Å². The number of aryl methyl sites for hydroxylation is 2. The molecule has 44 heavy (non-hydrogen) atoms. The van der Waals surface area contributed by atoms with E-state index in [0.29, 0.717) is 40.0 Å². The number of halogens is 3. The highest BCUT2D eigenvalue weighted by Gasteiger charge is 2.31. The molecule has 4 aromatic heterocycles. The molecule has 0 fully saturated rings. The zero-order valence-corrected chi connectivity index (χ0v) is 26.0. The predicted molar refractivity (Wildman–Crippen MR) is 166 cm³/mol. The molecule has 12 heteroatoms. The Labute approximate surface area is 256 Å². The van der Waals surface area contributed by atoms with Crippen molar-refractivity contribution in [1.29, 1.82) is 0 Å². The molecule has 5 heterocycles. The Kier molecular flexibility index (Phi) is 7.35. The Hall–Kier alpha value is -4.45. The van der Waals surface area contributed by atoms with Crippen LogP contribution in [0.2, 0.25) is 0 Å². The molecule has 0 aliphatic carbocycles. The van der Waals surface area contributed by atoms with Gasteiger partial charge < -0.3 is 14.2 Å². The first-order chi connectivity index (χ1) is 20.8. The summed E-state index contributed by atoms with van der Waals surface area (Å²) in [5, 5.41) is 6.31. The Morgan fingerprint density at radius 2 is 1.95 bits per heavy atom. The van der Waals surface area contributed by atoms with Crippen molar-refractivity contribution in [2.75, 3.05) is 6.54 Å². The number of nitrogens with zero attached hydrogens (tertiary/aromatic N) is 6. The fraction of sp³-hybridized carbons (Fsp3) is 0.312. The topological polar surface area (TPSA) is 78.1 Å². The summed E-state index contributed by atoms with van der Waals surface area (Å²) >= 11 is 1.15. The number of carbonyl (C=O) groups is 1. The van der Waals surface area contributed by atoms with E-state index in [2.05, 4.69) is 4.98 Å². The summed E-state index contributed by atoms with van der Waals surface area (Å²) in [5.41, 5.74) is 3.67. The van der Waals surface area contributed by atoms with Crippen LogP contribution in [0, 0.1) is 12.7 Å². The van der Waals surface area contributed by atoms with Crippen molar-refractivity contribution in [3.05, 3.63) is 70.8 Å². The lowest BCUT2D eigenvalue weighted by molar-refractivity contribution is 0.0167. The largest absolute Gasteiger partial charge is 0.444 e. The summed E-state index contributed by atoms with van der Waals surface area (Å²) in [6.07, 6.45) is 1.37. The number of amides is 1. The van der Waals surface area contributed by atoms with Gasteiger partial charge in [0.1, 0.15) is 28.8 Å². The lowest BCUT2D eigenvalue weighted by Gasteiger charge is -2.33. The number of allylic oxidation sites excluding steroid dienone is 2. The maximum absolute atomic E-state index is 15.5. The Bertz CT molecular complexity index is 2000. The molecule has 0 bridgehead atoms. The van der Waals surface area contributed by atoms with Crippen LogP contribution in [-0.4, -0.2) is 47.5 Å². The molecule has 228 valence electrons. The van der Waals surface area contributed by atoms with E-state index in [1.807, 2.05) is 64.4 Å². The molecule has 0 saturated carbocycles. The summed E-state index contributed by atoms with van der Waals surface area (Å²) in [4.78, 5) is 24.1. The van der Waals surface area contributed by atoms with Crippen LogP contribution >= 0.6 is 11.3 Å². The first kappa shape index (κ1) is 29.6. The smallest absolute Gasteiger partial charge is 0.410 e. The summed E-state index contributed by atoms with van der Waals surface area (Å²) in [6.45, 7) is 9.86. The quantitative estimate of drug-likeness (QED) is 0.189. The van der Waals surface area contributed by atoms with Gasteiger partial charge in [0.05, 0.1) is 51.7 Å². The minimum Gasteiger partial charge on any atom is -0.444 e. The van der Waals surface area contributed by atoms with Gasteiger partial charge in [-0.05, 0) is 58.9 Å². The van der Waals surface area contributed by atoms with E-state index in [1.54, 1.807) is 15.6 Å². The van der Waals surface area contributed by atoms with E-state index in [9.17, 15) is 13.6 Å². The standard InChI is InChI=1S/C32H31F3N6O2S/c1-17-14-40(31(42)43-32(3,4)5)15-21-13-25(38-41(17)21)29-22(12-20(34)9-10-33)27-23(35)16-44-30(27)28(37-29)19-7-8-26-24(11-19)36-18(2)39(26)6/h7-13,16-17H,14-15H2,1-6H3/b10-9+,20-12?. The molecule has 8 nitrogen and oxygen atoms in total. The average Bonchev–Trinajstić information content (AvgIpc) is 3.63. The van der Waals surface area contributed by atoms with Crippen molar-refractivity contribution < 1.29 is 22.7 Å². The molecule has 5 aromatic rings. The zero-order valence-electron chi connectivity index (χ0n) is 25.2. The maximum Gasteiger partial charge on any atom is 0.410 e. The summed E-state index contributed by atoms with van der Waals surface area (Å²) in [6, 6.07) is 7.28. The summed E-state index contributed by atoms with van der Waals surface area (Å²) in [5.74, 6) is -0.622. The van der Waals surface area contributed by atoms with Crippen LogP contribution in [0.25, 0.3) is 49.8 Å². The molecular weight excluding hydrogens is 589 g/mol. The average molecular weight is 621 g/mol. The highest BCUT2D eigenvalue weighted by molar-refractivity contribution is 7.17. The van der Waals surface area contributed by atoms with Gasteiger partial charge in [-0.3, -0.25) is 4.68 Å². The van der Waals surface area contributed by atoms with Gasteiger partial charge in [-0.2, -0.15) is 5.10 Å². The number of hydrogen-bond acceptors (Lipinski definition) is 6. The number of ether oxygens (including phenoxy) is 1. The van der Waals surface area contributed by atoms with Gasteiger partial charge >= 0.3 is 6.09 Å². The third-order valence-electron chi connectivity index (χ3n) is 7.55. The summed E-state index contributed by atoms with van der Waals surface area (Å²) < 4.78 is 53.2. The summed E-state index contributed by atoms with van der Waals surface area (Å²) in [7, 11) is 1.93. The SMILES string of the molecule is Cc1nc2cc(-c3nc(-c4cc5n(n4)C(C)CN(C(=O)OC(C)(C)C)C5)c(C=C(F)/C=C/F)c4c(F)csc34)ccc2n1C.